The fourth-order valence-electron chi connectivity index (χ4n) is 1.99. The second-order valence-corrected chi connectivity index (χ2v) is 4.99. The molecule has 0 aliphatic rings. The van der Waals surface area contributed by atoms with Gasteiger partial charge < -0.3 is 14.8 Å². The standard InChI is InChI=1S/C14H21NO4/c1-10(2)11(3-4-13(16)17)5-7-15-14(18)12-6-8-19-9-12/h6,8-11H,3-5,7H2,1-2H3,(H,15,18)(H,16,17). The van der Waals surface area contributed by atoms with Crippen molar-refractivity contribution in [2.75, 3.05) is 6.54 Å². The molecular formula is C14H21NO4. The molecule has 106 valence electrons. The molecule has 5 heteroatoms. The fourth-order valence-corrected chi connectivity index (χ4v) is 1.99. The second-order valence-electron chi connectivity index (χ2n) is 4.99. The van der Waals surface area contributed by atoms with Crippen molar-refractivity contribution in [2.45, 2.75) is 33.1 Å². The van der Waals surface area contributed by atoms with Crippen LogP contribution in [0.1, 0.15) is 43.5 Å². The lowest BCUT2D eigenvalue weighted by Gasteiger charge is -2.20. The molecule has 1 rings (SSSR count). The molecule has 1 heterocycles. The van der Waals surface area contributed by atoms with Crippen LogP contribution in [0.15, 0.2) is 23.0 Å². The molecule has 0 bridgehead atoms. The zero-order valence-electron chi connectivity index (χ0n) is 11.4. The molecule has 2 N–H and O–H groups in total. The number of rotatable bonds is 8. The van der Waals surface area contributed by atoms with E-state index in [1.165, 1.54) is 12.5 Å². The zero-order chi connectivity index (χ0) is 14.3. The summed E-state index contributed by atoms with van der Waals surface area (Å²) in [5.74, 6) is -0.214. The average Bonchev–Trinajstić information content (AvgIpc) is 2.86. The third-order valence-electron chi connectivity index (χ3n) is 3.26. The highest BCUT2D eigenvalue weighted by atomic mass is 16.4. The van der Waals surface area contributed by atoms with Crippen LogP contribution in [0.25, 0.3) is 0 Å². The number of amides is 1. The Hall–Kier alpha value is -1.78. The Morgan fingerprint density at radius 3 is 2.63 bits per heavy atom. The van der Waals surface area contributed by atoms with E-state index < -0.39 is 5.97 Å². The molecule has 0 spiro atoms. The van der Waals surface area contributed by atoms with Crippen LogP contribution in [0.3, 0.4) is 0 Å². The lowest BCUT2D eigenvalue weighted by atomic mass is 9.88. The van der Waals surface area contributed by atoms with E-state index >= 15 is 0 Å². The minimum absolute atomic E-state index is 0.158. The van der Waals surface area contributed by atoms with Crippen LogP contribution >= 0.6 is 0 Å². The number of aliphatic carboxylic acids is 1. The first-order valence-corrected chi connectivity index (χ1v) is 6.53. The maximum Gasteiger partial charge on any atom is 0.303 e. The van der Waals surface area contributed by atoms with Crippen LogP contribution in [0.5, 0.6) is 0 Å². The second kappa shape index (κ2) is 7.61. The Morgan fingerprint density at radius 1 is 1.37 bits per heavy atom. The Balaban J connectivity index is 2.32. The van der Waals surface area contributed by atoms with Crippen molar-refractivity contribution in [3.05, 3.63) is 24.2 Å². The summed E-state index contributed by atoms with van der Waals surface area (Å²) in [6, 6.07) is 1.61. The molecule has 0 saturated heterocycles. The third kappa shape index (κ3) is 5.59. The number of hydrogen-bond donors (Lipinski definition) is 2. The lowest BCUT2D eigenvalue weighted by Crippen LogP contribution is -2.26. The quantitative estimate of drug-likeness (QED) is 0.758. The SMILES string of the molecule is CC(C)C(CCNC(=O)c1ccoc1)CCC(=O)O. The molecule has 1 unspecified atom stereocenters. The highest BCUT2D eigenvalue weighted by Crippen LogP contribution is 2.20. The van der Waals surface area contributed by atoms with Crippen molar-refractivity contribution >= 4 is 11.9 Å². The van der Waals surface area contributed by atoms with Crippen molar-refractivity contribution in [2.24, 2.45) is 11.8 Å². The van der Waals surface area contributed by atoms with Gasteiger partial charge in [0.2, 0.25) is 0 Å². The van der Waals surface area contributed by atoms with E-state index in [1.807, 2.05) is 0 Å². The van der Waals surface area contributed by atoms with Gasteiger partial charge in [0.05, 0.1) is 11.8 Å². The Morgan fingerprint density at radius 2 is 2.11 bits per heavy atom. The summed E-state index contributed by atoms with van der Waals surface area (Å²) in [5, 5.41) is 11.5. The largest absolute Gasteiger partial charge is 0.481 e. The molecule has 1 atom stereocenters. The molecular weight excluding hydrogens is 246 g/mol. The molecule has 0 aliphatic carbocycles. The van der Waals surface area contributed by atoms with Gasteiger partial charge in [0.25, 0.3) is 5.91 Å². The van der Waals surface area contributed by atoms with Crippen LogP contribution in [-0.2, 0) is 4.79 Å². The smallest absolute Gasteiger partial charge is 0.303 e. The first-order chi connectivity index (χ1) is 9.00. The molecule has 5 nitrogen and oxygen atoms in total. The average molecular weight is 267 g/mol. The molecule has 19 heavy (non-hydrogen) atoms. The van der Waals surface area contributed by atoms with Crippen molar-refractivity contribution in [3.8, 4) is 0 Å². The summed E-state index contributed by atoms with van der Waals surface area (Å²) in [7, 11) is 0. The normalized spacial score (nSPS) is 12.4. The van der Waals surface area contributed by atoms with Gasteiger partial charge in [-0.15, -0.1) is 0 Å². The maximum absolute atomic E-state index is 11.7. The summed E-state index contributed by atoms with van der Waals surface area (Å²) >= 11 is 0. The Labute approximate surface area is 113 Å². The van der Waals surface area contributed by atoms with Crippen molar-refractivity contribution in [3.63, 3.8) is 0 Å². The third-order valence-corrected chi connectivity index (χ3v) is 3.26. The molecule has 1 aromatic heterocycles. The van der Waals surface area contributed by atoms with Crippen molar-refractivity contribution in [1.29, 1.82) is 0 Å². The van der Waals surface area contributed by atoms with E-state index in [9.17, 15) is 9.59 Å². The topological polar surface area (TPSA) is 79.5 Å². The van der Waals surface area contributed by atoms with Crippen molar-refractivity contribution in [1.82, 2.24) is 5.32 Å². The van der Waals surface area contributed by atoms with Gasteiger partial charge in [0.1, 0.15) is 6.26 Å². The highest BCUT2D eigenvalue weighted by Gasteiger charge is 2.15. The van der Waals surface area contributed by atoms with Gasteiger partial charge in [-0.3, -0.25) is 9.59 Å². The van der Waals surface area contributed by atoms with Crippen LogP contribution in [0.2, 0.25) is 0 Å². The first kappa shape index (κ1) is 15.3. The van der Waals surface area contributed by atoms with Gasteiger partial charge in [-0.1, -0.05) is 13.8 Å². The van der Waals surface area contributed by atoms with E-state index in [-0.39, 0.29) is 12.3 Å². The lowest BCUT2D eigenvalue weighted by molar-refractivity contribution is -0.137. The number of carboxylic acids is 1. The summed E-state index contributed by atoms with van der Waals surface area (Å²) < 4.78 is 4.84. The van der Waals surface area contributed by atoms with E-state index in [4.69, 9.17) is 9.52 Å². The van der Waals surface area contributed by atoms with Crippen molar-refractivity contribution < 1.29 is 19.1 Å². The Bertz CT molecular complexity index is 398. The monoisotopic (exact) mass is 267 g/mol. The minimum atomic E-state index is -0.770. The van der Waals surface area contributed by atoms with Crippen LogP contribution in [0, 0.1) is 11.8 Å². The van der Waals surface area contributed by atoms with Gasteiger partial charge in [0, 0.05) is 13.0 Å². The first-order valence-electron chi connectivity index (χ1n) is 6.53. The van der Waals surface area contributed by atoms with Gasteiger partial charge >= 0.3 is 5.97 Å². The summed E-state index contributed by atoms with van der Waals surface area (Å²) in [4.78, 5) is 22.2. The van der Waals surface area contributed by atoms with Crippen LogP contribution in [0.4, 0.5) is 0 Å². The van der Waals surface area contributed by atoms with E-state index in [1.54, 1.807) is 6.07 Å². The van der Waals surface area contributed by atoms with Gasteiger partial charge in [-0.25, -0.2) is 0 Å². The molecule has 0 fully saturated rings. The number of carbonyl (C=O) groups excluding carboxylic acids is 1. The zero-order valence-corrected chi connectivity index (χ0v) is 11.4. The summed E-state index contributed by atoms with van der Waals surface area (Å²) in [6.45, 7) is 4.70. The molecule has 0 saturated carbocycles. The molecule has 0 radical (unpaired) electrons. The van der Waals surface area contributed by atoms with E-state index in [2.05, 4.69) is 19.2 Å². The Kier molecular flexibility index (Phi) is 6.12. The number of carboxylic acid groups (broad SMARTS) is 1. The number of hydrogen-bond acceptors (Lipinski definition) is 3. The highest BCUT2D eigenvalue weighted by molar-refractivity contribution is 5.93. The summed E-state index contributed by atoms with van der Waals surface area (Å²) in [6.07, 6.45) is 4.47. The molecule has 0 aliphatic heterocycles. The minimum Gasteiger partial charge on any atom is -0.481 e. The van der Waals surface area contributed by atoms with Gasteiger partial charge in [-0.2, -0.15) is 0 Å². The number of carbonyl (C=O) groups is 2. The molecule has 1 amide bonds. The maximum atomic E-state index is 11.7. The van der Waals surface area contributed by atoms with Gasteiger partial charge in [-0.05, 0) is 30.7 Å². The molecule has 0 aromatic carbocycles. The predicted molar refractivity (Wildman–Crippen MR) is 70.9 cm³/mol. The predicted octanol–water partition coefficient (Wildman–Crippen LogP) is 2.54. The van der Waals surface area contributed by atoms with E-state index in [0.717, 1.165) is 6.42 Å². The number of nitrogens with one attached hydrogen (secondary N) is 1. The van der Waals surface area contributed by atoms with Gasteiger partial charge in [0.15, 0.2) is 0 Å². The fraction of sp³-hybridized carbons (Fsp3) is 0.571. The van der Waals surface area contributed by atoms with Crippen LogP contribution < -0.4 is 5.32 Å². The number of furan rings is 1. The summed E-state index contributed by atoms with van der Waals surface area (Å²) in [5.41, 5.74) is 0.506. The molecule has 1 aromatic rings. The van der Waals surface area contributed by atoms with Crippen LogP contribution in [-0.4, -0.2) is 23.5 Å². The van der Waals surface area contributed by atoms with E-state index in [0.29, 0.717) is 30.4 Å².